The van der Waals surface area contributed by atoms with Crippen LogP contribution in [0.2, 0.25) is 0 Å². The molecule has 1 saturated carbocycles. The highest BCUT2D eigenvalue weighted by molar-refractivity contribution is 5.25. The van der Waals surface area contributed by atoms with Gasteiger partial charge in [0.05, 0.1) is 12.3 Å². The maximum absolute atomic E-state index is 5.26. The molecule has 16 heavy (non-hydrogen) atoms. The smallest absolute Gasteiger partial charge is 0.0798 e. The Labute approximate surface area is 96.0 Å². The van der Waals surface area contributed by atoms with Crippen LogP contribution in [0.4, 0.5) is 0 Å². The van der Waals surface area contributed by atoms with E-state index < -0.39 is 0 Å². The van der Waals surface area contributed by atoms with Crippen molar-refractivity contribution in [2.45, 2.75) is 31.8 Å². The molecule has 2 heterocycles. The van der Waals surface area contributed by atoms with E-state index in [0.717, 1.165) is 32.2 Å². The van der Waals surface area contributed by atoms with Gasteiger partial charge in [-0.15, -0.1) is 0 Å². The van der Waals surface area contributed by atoms with Crippen molar-refractivity contribution in [3.8, 4) is 0 Å². The van der Waals surface area contributed by atoms with Gasteiger partial charge in [0.2, 0.25) is 0 Å². The maximum atomic E-state index is 5.26. The Kier molecular flexibility index (Phi) is 2.69. The Morgan fingerprint density at radius 1 is 1.56 bits per heavy atom. The van der Waals surface area contributed by atoms with Crippen LogP contribution >= 0.6 is 0 Å². The van der Waals surface area contributed by atoms with E-state index in [4.69, 9.17) is 4.74 Å². The van der Waals surface area contributed by atoms with Crippen molar-refractivity contribution in [1.29, 1.82) is 0 Å². The monoisotopic (exact) mass is 221 g/mol. The lowest BCUT2D eigenvalue weighted by atomic mass is 9.97. The van der Waals surface area contributed by atoms with Crippen molar-refractivity contribution in [2.75, 3.05) is 20.3 Å². The van der Waals surface area contributed by atoms with E-state index in [1.54, 1.807) is 7.11 Å². The minimum atomic E-state index is 0.474. The van der Waals surface area contributed by atoms with Crippen LogP contribution in [0, 0.1) is 5.92 Å². The molecule has 2 aliphatic rings. The minimum Gasteiger partial charge on any atom is -0.384 e. The van der Waals surface area contributed by atoms with Crippen LogP contribution in [0.3, 0.4) is 0 Å². The van der Waals surface area contributed by atoms with Crippen molar-refractivity contribution in [3.63, 3.8) is 0 Å². The number of nitrogens with zero attached hydrogens (tertiary/aromatic N) is 2. The summed E-state index contributed by atoms with van der Waals surface area (Å²) in [6, 6.07) is 0. The molecule has 0 aromatic carbocycles. The Morgan fingerprint density at radius 3 is 3.19 bits per heavy atom. The van der Waals surface area contributed by atoms with Gasteiger partial charge in [-0.3, -0.25) is 4.68 Å². The Hall–Kier alpha value is -0.870. The van der Waals surface area contributed by atoms with Gasteiger partial charge in [0.25, 0.3) is 0 Å². The molecular weight excluding hydrogens is 202 g/mol. The predicted molar refractivity (Wildman–Crippen MR) is 61.3 cm³/mol. The van der Waals surface area contributed by atoms with Crippen LogP contribution in [0.25, 0.3) is 0 Å². The van der Waals surface area contributed by atoms with Crippen molar-refractivity contribution in [3.05, 3.63) is 17.5 Å². The molecule has 4 heteroatoms. The fourth-order valence-electron chi connectivity index (χ4n) is 2.44. The van der Waals surface area contributed by atoms with Gasteiger partial charge in [-0.05, 0) is 18.8 Å². The Morgan fingerprint density at radius 2 is 2.44 bits per heavy atom. The van der Waals surface area contributed by atoms with E-state index in [0.29, 0.717) is 5.92 Å². The molecule has 4 nitrogen and oxygen atoms in total. The van der Waals surface area contributed by atoms with Crippen LogP contribution in [0.15, 0.2) is 6.20 Å². The highest BCUT2D eigenvalue weighted by Crippen LogP contribution is 2.31. The van der Waals surface area contributed by atoms with Crippen molar-refractivity contribution in [1.82, 2.24) is 15.1 Å². The molecule has 1 aromatic rings. The van der Waals surface area contributed by atoms with Gasteiger partial charge in [0.1, 0.15) is 0 Å². The lowest BCUT2D eigenvalue weighted by Crippen LogP contribution is -2.29. The fraction of sp³-hybridized carbons (Fsp3) is 0.750. The average molecular weight is 221 g/mol. The summed E-state index contributed by atoms with van der Waals surface area (Å²) in [5, 5.41) is 8.06. The lowest BCUT2D eigenvalue weighted by molar-refractivity contribution is 0.175. The molecule has 0 bridgehead atoms. The van der Waals surface area contributed by atoms with Gasteiger partial charge in [-0.2, -0.15) is 5.10 Å². The fourth-order valence-corrected chi connectivity index (χ4v) is 2.44. The molecule has 88 valence electrons. The third-order valence-electron chi connectivity index (χ3n) is 3.50. The summed E-state index contributed by atoms with van der Waals surface area (Å²) in [4.78, 5) is 0. The first kappa shape index (κ1) is 10.3. The molecule has 1 atom stereocenters. The normalized spacial score (nSPS) is 24.4. The van der Waals surface area contributed by atoms with E-state index in [9.17, 15) is 0 Å². The van der Waals surface area contributed by atoms with Crippen LogP contribution in [0.1, 0.15) is 30.0 Å². The number of hydrogen-bond acceptors (Lipinski definition) is 3. The van der Waals surface area contributed by atoms with Crippen LogP contribution in [-0.2, 0) is 17.8 Å². The Balaban J connectivity index is 1.79. The van der Waals surface area contributed by atoms with Gasteiger partial charge in [-0.1, -0.05) is 0 Å². The molecule has 1 unspecified atom stereocenters. The molecule has 3 rings (SSSR count). The SMILES string of the molecule is COCC1CNCc2nn(CC3CC3)cc21. The largest absolute Gasteiger partial charge is 0.384 e. The lowest BCUT2D eigenvalue weighted by Gasteiger charge is -2.21. The van der Waals surface area contributed by atoms with Crippen LogP contribution in [0.5, 0.6) is 0 Å². The number of fused-ring (bicyclic) bond motifs is 1. The first-order valence-electron chi connectivity index (χ1n) is 6.12. The maximum Gasteiger partial charge on any atom is 0.0798 e. The molecule has 1 aromatic heterocycles. The highest BCUT2D eigenvalue weighted by Gasteiger charge is 2.26. The van der Waals surface area contributed by atoms with Crippen LogP contribution < -0.4 is 5.32 Å². The predicted octanol–water partition coefficient (Wildman–Crippen LogP) is 1.13. The van der Waals surface area contributed by atoms with Gasteiger partial charge < -0.3 is 10.1 Å². The third kappa shape index (κ3) is 1.99. The summed E-state index contributed by atoms with van der Waals surface area (Å²) in [7, 11) is 1.77. The molecule has 1 fully saturated rings. The first-order valence-corrected chi connectivity index (χ1v) is 6.12. The molecule has 0 saturated heterocycles. The minimum absolute atomic E-state index is 0.474. The van der Waals surface area contributed by atoms with E-state index in [-0.39, 0.29) is 0 Å². The second-order valence-corrected chi connectivity index (χ2v) is 4.98. The summed E-state index contributed by atoms with van der Waals surface area (Å²) in [5.74, 6) is 1.36. The summed E-state index contributed by atoms with van der Waals surface area (Å²) in [6.45, 7) is 3.81. The van der Waals surface area contributed by atoms with Gasteiger partial charge in [0.15, 0.2) is 0 Å². The first-order chi connectivity index (χ1) is 7.86. The van der Waals surface area contributed by atoms with Crippen molar-refractivity contribution >= 4 is 0 Å². The molecule has 0 radical (unpaired) electrons. The number of nitrogens with one attached hydrogen (secondary N) is 1. The zero-order chi connectivity index (χ0) is 11.0. The molecule has 0 spiro atoms. The van der Waals surface area contributed by atoms with Gasteiger partial charge in [-0.25, -0.2) is 0 Å². The number of methoxy groups -OCH3 is 1. The van der Waals surface area contributed by atoms with E-state index in [1.807, 2.05) is 0 Å². The molecule has 0 amide bonds. The van der Waals surface area contributed by atoms with Crippen molar-refractivity contribution in [2.24, 2.45) is 5.92 Å². The second-order valence-electron chi connectivity index (χ2n) is 4.98. The van der Waals surface area contributed by atoms with Crippen LogP contribution in [-0.4, -0.2) is 30.0 Å². The van der Waals surface area contributed by atoms with Gasteiger partial charge >= 0.3 is 0 Å². The summed E-state index contributed by atoms with van der Waals surface area (Å²) in [6.07, 6.45) is 4.99. The van der Waals surface area contributed by atoms with E-state index >= 15 is 0 Å². The summed E-state index contributed by atoms with van der Waals surface area (Å²) < 4.78 is 7.40. The third-order valence-corrected chi connectivity index (χ3v) is 3.50. The zero-order valence-electron chi connectivity index (χ0n) is 9.78. The average Bonchev–Trinajstić information content (AvgIpc) is 2.96. The molecule has 1 aliphatic carbocycles. The van der Waals surface area contributed by atoms with E-state index in [2.05, 4.69) is 21.3 Å². The van der Waals surface area contributed by atoms with Crippen molar-refractivity contribution < 1.29 is 4.74 Å². The molecule has 1 N–H and O–H groups in total. The number of hydrogen-bond donors (Lipinski definition) is 1. The number of aromatic nitrogens is 2. The number of rotatable bonds is 4. The Bertz CT molecular complexity index is 370. The standard InChI is InChI=1S/C12H19N3O/c1-16-8-10-4-13-5-12-11(10)7-15(14-12)6-9-2-3-9/h7,9-10,13H,2-6,8H2,1H3. The molecule has 1 aliphatic heterocycles. The topological polar surface area (TPSA) is 39.1 Å². The van der Waals surface area contributed by atoms with E-state index in [1.165, 1.54) is 24.1 Å². The zero-order valence-corrected chi connectivity index (χ0v) is 9.78. The quantitative estimate of drug-likeness (QED) is 0.828. The summed E-state index contributed by atoms with van der Waals surface area (Å²) >= 11 is 0. The highest BCUT2D eigenvalue weighted by atomic mass is 16.5. The second kappa shape index (κ2) is 4.18. The summed E-state index contributed by atoms with van der Waals surface area (Å²) in [5.41, 5.74) is 2.61. The number of ether oxygens (including phenoxy) is 1. The van der Waals surface area contributed by atoms with Gasteiger partial charge in [0, 0.05) is 44.4 Å². The molecular formula is C12H19N3O.